The molecule has 2 amide bonds. The van der Waals surface area contributed by atoms with Crippen LogP contribution in [0.4, 0.5) is 0 Å². The molecule has 0 spiro atoms. The molecule has 29 heavy (non-hydrogen) atoms. The molecule has 2 aromatic rings. The Morgan fingerprint density at radius 2 is 1.90 bits per heavy atom. The monoisotopic (exact) mass is 438 g/mol. The van der Waals surface area contributed by atoms with Crippen molar-refractivity contribution in [2.45, 2.75) is 31.0 Å². The third-order valence-electron chi connectivity index (χ3n) is 4.49. The zero-order chi connectivity index (χ0) is 21.4. The average Bonchev–Trinajstić information content (AvgIpc) is 3.12. The van der Waals surface area contributed by atoms with E-state index < -0.39 is 35.9 Å². The minimum absolute atomic E-state index is 0.116. The van der Waals surface area contributed by atoms with E-state index in [4.69, 9.17) is 5.73 Å². The van der Waals surface area contributed by atoms with Gasteiger partial charge in [-0.2, -0.15) is 24.4 Å². The maximum atomic E-state index is 12.7. The average molecular weight is 439 g/mol. The van der Waals surface area contributed by atoms with Gasteiger partial charge in [-0.15, -0.1) is 0 Å². The van der Waals surface area contributed by atoms with E-state index in [9.17, 15) is 19.5 Å². The van der Waals surface area contributed by atoms with Crippen LogP contribution in [0.1, 0.15) is 12.0 Å². The minimum Gasteiger partial charge on any atom is -0.480 e. The van der Waals surface area contributed by atoms with Gasteiger partial charge in [-0.3, -0.25) is 9.59 Å². The minimum atomic E-state index is -1.15. The van der Waals surface area contributed by atoms with Crippen LogP contribution < -0.4 is 16.4 Å². The molecule has 0 aliphatic heterocycles. The highest BCUT2D eigenvalue weighted by atomic mass is 32.2. The van der Waals surface area contributed by atoms with Gasteiger partial charge in [0.25, 0.3) is 0 Å². The fourth-order valence-electron chi connectivity index (χ4n) is 2.86. The third kappa shape index (κ3) is 6.41. The molecule has 0 radical (unpaired) electrons. The number of aliphatic carboxylic acids is 1. The smallest absolute Gasteiger partial charge is 0.326 e. The number of fused-ring (bicyclic) bond motifs is 1. The lowest BCUT2D eigenvalue weighted by molar-refractivity contribution is -0.142. The molecule has 0 aliphatic carbocycles. The van der Waals surface area contributed by atoms with Crippen molar-refractivity contribution < 1.29 is 19.5 Å². The molecule has 6 N–H and O–H groups in total. The van der Waals surface area contributed by atoms with Gasteiger partial charge in [0, 0.05) is 29.3 Å². The first-order valence-electron chi connectivity index (χ1n) is 9.11. The summed E-state index contributed by atoms with van der Waals surface area (Å²) in [7, 11) is 0. The fourth-order valence-corrected chi connectivity index (χ4v) is 3.50. The van der Waals surface area contributed by atoms with Crippen LogP contribution in [0.2, 0.25) is 0 Å². The molecule has 1 aromatic heterocycles. The molecule has 0 fully saturated rings. The summed E-state index contributed by atoms with van der Waals surface area (Å²) in [4.78, 5) is 39.7. The van der Waals surface area contributed by atoms with E-state index >= 15 is 0 Å². The number of carbonyl (C=O) groups is 3. The summed E-state index contributed by atoms with van der Waals surface area (Å²) in [6.45, 7) is 0. The summed E-state index contributed by atoms with van der Waals surface area (Å²) < 4.78 is 0. The number of hydrogen-bond acceptors (Lipinski definition) is 6. The molecule has 8 nitrogen and oxygen atoms in total. The highest BCUT2D eigenvalue weighted by molar-refractivity contribution is 7.98. The van der Waals surface area contributed by atoms with Gasteiger partial charge >= 0.3 is 5.97 Å². The number of amides is 2. The molecule has 2 rings (SSSR count). The Morgan fingerprint density at radius 1 is 1.21 bits per heavy atom. The van der Waals surface area contributed by atoms with Crippen molar-refractivity contribution >= 4 is 53.1 Å². The number of nitrogens with one attached hydrogen (secondary N) is 3. The van der Waals surface area contributed by atoms with E-state index in [0.717, 1.165) is 16.5 Å². The summed E-state index contributed by atoms with van der Waals surface area (Å²) in [6, 6.07) is 4.69. The van der Waals surface area contributed by atoms with Crippen LogP contribution in [0.3, 0.4) is 0 Å². The van der Waals surface area contributed by atoms with Gasteiger partial charge in [0.15, 0.2) is 0 Å². The number of thiol groups is 1. The number of aromatic amines is 1. The van der Waals surface area contributed by atoms with Gasteiger partial charge in [0.2, 0.25) is 11.8 Å². The Balaban J connectivity index is 2.12. The zero-order valence-electron chi connectivity index (χ0n) is 16.1. The number of hydrogen-bond donors (Lipinski definition) is 6. The number of rotatable bonds is 11. The van der Waals surface area contributed by atoms with Crippen LogP contribution >= 0.6 is 24.4 Å². The second-order valence-corrected chi connectivity index (χ2v) is 7.95. The molecule has 0 saturated carbocycles. The highest BCUT2D eigenvalue weighted by Gasteiger charge is 2.28. The number of benzene rings is 1. The lowest BCUT2D eigenvalue weighted by atomic mass is 10.0. The number of aromatic nitrogens is 1. The van der Waals surface area contributed by atoms with Gasteiger partial charge in [-0.25, -0.2) is 4.79 Å². The van der Waals surface area contributed by atoms with E-state index in [0.29, 0.717) is 12.2 Å². The number of carboxylic acid groups (broad SMARTS) is 1. The maximum Gasteiger partial charge on any atom is 0.326 e. The van der Waals surface area contributed by atoms with E-state index in [1.165, 1.54) is 11.8 Å². The Bertz CT molecular complexity index is 858. The van der Waals surface area contributed by atoms with Crippen LogP contribution in [-0.2, 0) is 20.8 Å². The first-order chi connectivity index (χ1) is 13.9. The second-order valence-electron chi connectivity index (χ2n) is 6.59. The van der Waals surface area contributed by atoms with Crippen molar-refractivity contribution in [3.8, 4) is 0 Å². The highest BCUT2D eigenvalue weighted by Crippen LogP contribution is 2.19. The predicted molar refractivity (Wildman–Crippen MR) is 118 cm³/mol. The quantitative estimate of drug-likeness (QED) is 0.287. The number of para-hydroxylation sites is 1. The number of nitrogens with two attached hydrogens (primary N) is 1. The lowest BCUT2D eigenvalue weighted by Crippen LogP contribution is -2.55. The largest absolute Gasteiger partial charge is 0.480 e. The van der Waals surface area contributed by atoms with Crippen molar-refractivity contribution in [3.63, 3.8) is 0 Å². The summed E-state index contributed by atoms with van der Waals surface area (Å²) >= 11 is 5.51. The van der Waals surface area contributed by atoms with Crippen LogP contribution in [0.25, 0.3) is 10.9 Å². The Labute approximate surface area is 178 Å². The van der Waals surface area contributed by atoms with E-state index in [2.05, 4.69) is 28.2 Å². The molecule has 1 heterocycles. The Hall–Kier alpha value is -2.17. The third-order valence-corrected chi connectivity index (χ3v) is 5.53. The summed E-state index contributed by atoms with van der Waals surface area (Å²) in [6.07, 6.45) is 4.10. The zero-order valence-corrected chi connectivity index (χ0v) is 17.8. The number of carboxylic acids is 1. The predicted octanol–water partition coefficient (Wildman–Crippen LogP) is 0.775. The second kappa shape index (κ2) is 11.1. The van der Waals surface area contributed by atoms with Crippen LogP contribution in [0.5, 0.6) is 0 Å². The summed E-state index contributed by atoms with van der Waals surface area (Å²) in [5.41, 5.74) is 7.34. The van der Waals surface area contributed by atoms with Gasteiger partial charge < -0.3 is 26.5 Å². The first-order valence-corrected chi connectivity index (χ1v) is 11.1. The van der Waals surface area contributed by atoms with Gasteiger partial charge in [0.05, 0.1) is 6.04 Å². The number of carbonyl (C=O) groups excluding carboxylic acids is 2. The van der Waals surface area contributed by atoms with Crippen molar-refractivity contribution in [3.05, 3.63) is 36.0 Å². The topological polar surface area (TPSA) is 137 Å². The van der Waals surface area contributed by atoms with E-state index in [-0.39, 0.29) is 12.2 Å². The van der Waals surface area contributed by atoms with Gasteiger partial charge in [-0.05, 0) is 30.1 Å². The molecular weight excluding hydrogens is 412 g/mol. The molecule has 0 aliphatic rings. The van der Waals surface area contributed by atoms with Crippen LogP contribution in [0.15, 0.2) is 30.5 Å². The summed E-state index contributed by atoms with van der Waals surface area (Å²) in [5.74, 6) is -1.43. The standard InChI is InChI=1S/C19H26N4O4S2/c1-29-7-6-15(22-17(24)13(20)10-28)18(25)23-16(19(26)27)8-11-9-21-14-5-3-2-4-12(11)14/h2-5,9,13,15-16,21,28H,6-8,10,20H2,1H3,(H,22,24)(H,23,25)(H,26,27)/t13-,15-,16-/m0/s1. The number of thioether (sulfide) groups is 1. The van der Waals surface area contributed by atoms with Crippen LogP contribution in [-0.4, -0.2) is 63.8 Å². The Kier molecular flexibility index (Phi) is 8.87. The van der Waals surface area contributed by atoms with Crippen LogP contribution in [0, 0.1) is 0 Å². The molecule has 0 unspecified atom stereocenters. The van der Waals surface area contributed by atoms with E-state index in [1.807, 2.05) is 30.5 Å². The summed E-state index contributed by atoms with van der Waals surface area (Å²) in [5, 5.41) is 15.7. The lowest BCUT2D eigenvalue weighted by Gasteiger charge is -2.22. The van der Waals surface area contributed by atoms with Gasteiger partial charge in [0.1, 0.15) is 12.1 Å². The first kappa shape index (κ1) is 23.1. The molecule has 1 aromatic carbocycles. The molecule has 0 bridgehead atoms. The molecule has 3 atom stereocenters. The molecule has 158 valence electrons. The molecule has 10 heteroatoms. The van der Waals surface area contributed by atoms with Crippen molar-refractivity contribution in [2.75, 3.05) is 17.8 Å². The van der Waals surface area contributed by atoms with E-state index in [1.54, 1.807) is 6.20 Å². The Morgan fingerprint density at radius 3 is 2.55 bits per heavy atom. The molecular formula is C19H26N4O4S2. The molecule has 0 saturated heterocycles. The normalized spacial score (nSPS) is 14.2. The van der Waals surface area contributed by atoms with Crippen molar-refractivity contribution in [1.82, 2.24) is 15.6 Å². The van der Waals surface area contributed by atoms with Gasteiger partial charge in [-0.1, -0.05) is 18.2 Å². The van der Waals surface area contributed by atoms with Crippen molar-refractivity contribution in [1.29, 1.82) is 0 Å². The SMILES string of the molecule is CSCC[C@H](NC(=O)[C@@H](N)CS)C(=O)N[C@@H](Cc1c[nH]c2ccccc12)C(=O)O. The maximum absolute atomic E-state index is 12.7. The number of H-pyrrole nitrogens is 1. The fraction of sp³-hybridized carbons (Fsp3) is 0.421. The van der Waals surface area contributed by atoms with Crippen molar-refractivity contribution in [2.24, 2.45) is 5.73 Å².